The highest BCUT2D eigenvalue weighted by atomic mass is 16.5. The van der Waals surface area contributed by atoms with Crippen molar-refractivity contribution in [3.63, 3.8) is 0 Å². The first-order valence-electron chi connectivity index (χ1n) is 4.06. The Bertz CT molecular complexity index is 127. The lowest BCUT2D eigenvalue weighted by Gasteiger charge is -2.17. The standard InChI is InChI=1S/C8H16N2O/c1-3-9-7-5-11-6-8(7)10-4-2/h3,7-10H,1,4-6H2,2H3. The normalized spacial score (nSPS) is 30.3. The third-order valence-electron chi connectivity index (χ3n) is 1.88. The molecule has 2 N–H and O–H groups in total. The minimum absolute atomic E-state index is 0.396. The fraction of sp³-hybridized carbons (Fsp3) is 0.750. The van der Waals surface area contributed by atoms with E-state index in [2.05, 4.69) is 24.1 Å². The highest BCUT2D eigenvalue weighted by Crippen LogP contribution is 2.04. The number of ether oxygens (including phenoxy) is 1. The molecular formula is C8H16N2O. The average Bonchev–Trinajstić information content (AvgIpc) is 2.39. The Morgan fingerprint density at radius 2 is 2.27 bits per heavy atom. The first kappa shape index (κ1) is 8.56. The summed E-state index contributed by atoms with van der Waals surface area (Å²) in [5.74, 6) is 0. The van der Waals surface area contributed by atoms with E-state index in [9.17, 15) is 0 Å². The lowest BCUT2D eigenvalue weighted by molar-refractivity contribution is 0.186. The number of rotatable bonds is 4. The minimum Gasteiger partial charge on any atom is -0.385 e. The smallest absolute Gasteiger partial charge is 0.0684 e. The highest BCUT2D eigenvalue weighted by molar-refractivity contribution is 4.89. The van der Waals surface area contributed by atoms with Crippen LogP contribution in [0.15, 0.2) is 12.8 Å². The molecule has 1 aliphatic rings. The Labute approximate surface area is 67.8 Å². The molecular weight excluding hydrogens is 140 g/mol. The molecule has 0 aromatic carbocycles. The van der Waals surface area contributed by atoms with Crippen LogP contribution in [0.5, 0.6) is 0 Å². The lowest BCUT2D eigenvalue weighted by Crippen LogP contribution is -2.45. The van der Waals surface area contributed by atoms with Gasteiger partial charge in [0.25, 0.3) is 0 Å². The van der Waals surface area contributed by atoms with Gasteiger partial charge in [0.15, 0.2) is 0 Å². The van der Waals surface area contributed by atoms with Gasteiger partial charge in [-0.3, -0.25) is 0 Å². The molecule has 1 heterocycles. The maximum Gasteiger partial charge on any atom is 0.0684 e. The first-order chi connectivity index (χ1) is 5.38. The van der Waals surface area contributed by atoms with Crippen molar-refractivity contribution in [2.75, 3.05) is 19.8 Å². The second kappa shape index (κ2) is 4.36. The summed E-state index contributed by atoms with van der Waals surface area (Å²) in [7, 11) is 0. The van der Waals surface area contributed by atoms with Crippen LogP contribution in [0.3, 0.4) is 0 Å². The molecule has 1 rings (SSSR count). The van der Waals surface area contributed by atoms with Crippen molar-refractivity contribution in [2.24, 2.45) is 0 Å². The summed E-state index contributed by atoms with van der Waals surface area (Å²) in [5, 5.41) is 6.50. The molecule has 0 aromatic heterocycles. The van der Waals surface area contributed by atoms with Crippen LogP contribution in [-0.2, 0) is 4.74 Å². The van der Waals surface area contributed by atoms with Crippen molar-refractivity contribution in [1.82, 2.24) is 10.6 Å². The Morgan fingerprint density at radius 1 is 1.55 bits per heavy atom. The SMILES string of the molecule is C=CNC1COCC1NCC. The molecule has 0 amide bonds. The van der Waals surface area contributed by atoms with Crippen LogP contribution in [0, 0.1) is 0 Å². The summed E-state index contributed by atoms with van der Waals surface area (Å²) in [4.78, 5) is 0. The van der Waals surface area contributed by atoms with E-state index < -0.39 is 0 Å². The molecule has 1 fully saturated rings. The van der Waals surface area contributed by atoms with Crippen LogP contribution >= 0.6 is 0 Å². The third-order valence-corrected chi connectivity index (χ3v) is 1.88. The molecule has 3 heteroatoms. The van der Waals surface area contributed by atoms with Crippen molar-refractivity contribution in [2.45, 2.75) is 19.0 Å². The zero-order valence-corrected chi connectivity index (χ0v) is 6.97. The van der Waals surface area contributed by atoms with Crippen LogP contribution in [0.25, 0.3) is 0 Å². The monoisotopic (exact) mass is 156 g/mol. The van der Waals surface area contributed by atoms with Crippen LogP contribution in [0.2, 0.25) is 0 Å². The predicted molar refractivity (Wildman–Crippen MR) is 45.4 cm³/mol. The Morgan fingerprint density at radius 3 is 2.91 bits per heavy atom. The number of nitrogens with one attached hydrogen (secondary N) is 2. The fourth-order valence-corrected chi connectivity index (χ4v) is 1.33. The van der Waals surface area contributed by atoms with Gasteiger partial charge in [-0.15, -0.1) is 0 Å². The van der Waals surface area contributed by atoms with E-state index in [-0.39, 0.29) is 0 Å². The van der Waals surface area contributed by atoms with E-state index in [1.807, 2.05) is 0 Å². The van der Waals surface area contributed by atoms with E-state index in [1.54, 1.807) is 6.20 Å². The zero-order chi connectivity index (χ0) is 8.10. The van der Waals surface area contributed by atoms with Gasteiger partial charge in [-0.25, -0.2) is 0 Å². The molecule has 0 aromatic rings. The van der Waals surface area contributed by atoms with E-state index in [4.69, 9.17) is 4.74 Å². The van der Waals surface area contributed by atoms with Crippen molar-refractivity contribution in [1.29, 1.82) is 0 Å². The van der Waals surface area contributed by atoms with Gasteiger partial charge < -0.3 is 15.4 Å². The van der Waals surface area contributed by atoms with E-state index in [0.717, 1.165) is 19.8 Å². The first-order valence-corrected chi connectivity index (χ1v) is 4.06. The van der Waals surface area contributed by atoms with Crippen LogP contribution in [-0.4, -0.2) is 31.8 Å². The van der Waals surface area contributed by atoms with Crippen molar-refractivity contribution >= 4 is 0 Å². The van der Waals surface area contributed by atoms with Crippen molar-refractivity contribution in [3.8, 4) is 0 Å². The molecule has 3 nitrogen and oxygen atoms in total. The zero-order valence-electron chi connectivity index (χ0n) is 6.97. The van der Waals surface area contributed by atoms with Gasteiger partial charge in [-0.2, -0.15) is 0 Å². The second-order valence-electron chi connectivity index (χ2n) is 2.68. The van der Waals surface area contributed by atoms with Crippen LogP contribution in [0.4, 0.5) is 0 Å². The molecule has 64 valence electrons. The summed E-state index contributed by atoms with van der Waals surface area (Å²) in [6.45, 7) is 8.30. The van der Waals surface area contributed by atoms with E-state index in [1.165, 1.54) is 0 Å². The van der Waals surface area contributed by atoms with Crippen LogP contribution < -0.4 is 10.6 Å². The average molecular weight is 156 g/mol. The van der Waals surface area contributed by atoms with Gasteiger partial charge in [0.1, 0.15) is 0 Å². The minimum atomic E-state index is 0.396. The van der Waals surface area contributed by atoms with Gasteiger partial charge in [0, 0.05) is 0 Å². The van der Waals surface area contributed by atoms with E-state index in [0.29, 0.717) is 12.1 Å². The largest absolute Gasteiger partial charge is 0.385 e. The Balaban J connectivity index is 2.31. The summed E-state index contributed by atoms with van der Waals surface area (Å²) < 4.78 is 5.30. The fourth-order valence-electron chi connectivity index (χ4n) is 1.33. The molecule has 2 unspecified atom stereocenters. The summed E-state index contributed by atoms with van der Waals surface area (Å²) in [6.07, 6.45) is 1.73. The van der Waals surface area contributed by atoms with Gasteiger partial charge in [-0.05, 0) is 12.7 Å². The topological polar surface area (TPSA) is 33.3 Å². The molecule has 11 heavy (non-hydrogen) atoms. The summed E-state index contributed by atoms with van der Waals surface area (Å²) >= 11 is 0. The Kier molecular flexibility index (Phi) is 3.39. The number of hydrogen-bond donors (Lipinski definition) is 2. The van der Waals surface area contributed by atoms with Gasteiger partial charge in [0.05, 0.1) is 25.3 Å². The molecule has 0 aliphatic carbocycles. The lowest BCUT2D eigenvalue weighted by atomic mass is 10.2. The van der Waals surface area contributed by atoms with Crippen molar-refractivity contribution < 1.29 is 4.74 Å². The number of likely N-dealkylation sites (N-methyl/N-ethyl adjacent to an activating group) is 1. The van der Waals surface area contributed by atoms with Crippen LogP contribution in [0.1, 0.15) is 6.92 Å². The Hall–Kier alpha value is -0.540. The maximum absolute atomic E-state index is 5.30. The van der Waals surface area contributed by atoms with Gasteiger partial charge in [-0.1, -0.05) is 13.5 Å². The predicted octanol–water partition coefficient (Wildman–Crippen LogP) is 0.0964. The molecule has 2 atom stereocenters. The molecule has 0 bridgehead atoms. The molecule has 0 radical (unpaired) electrons. The maximum atomic E-state index is 5.30. The molecule has 0 spiro atoms. The number of hydrogen-bond acceptors (Lipinski definition) is 3. The summed E-state index contributed by atoms with van der Waals surface area (Å²) in [6, 6.07) is 0.838. The quantitative estimate of drug-likeness (QED) is 0.605. The molecule has 0 saturated carbocycles. The summed E-state index contributed by atoms with van der Waals surface area (Å²) in [5.41, 5.74) is 0. The molecule has 1 aliphatic heterocycles. The second-order valence-corrected chi connectivity index (χ2v) is 2.68. The van der Waals surface area contributed by atoms with Gasteiger partial charge >= 0.3 is 0 Å². The molecule has 1 saturated heterocycles. The third kappa shape index (κ3) is 2.20. The van der Waals surface area contributed by atoms with Crippen molar-refractivity contribution in [3.05, 3.63) is 12.8 Å². The highest BCUT2D eigenvalue weighted by Gasteiger charge is 2.25. The van der Waals surface area contributed by atoms with E-state index >= 15 is 0 Å². The van der Waals surface area contributed by atoms with Gasteiger partial charge in [0.2, 0.25) is 0 Å².